The molecule has 734 valence electrons. The molecular formula is C96H119Cl7N10O19S3. The van der Waals surface area contributed by atoms with Crippen molar-refractivity contribution < 1.29 is 87.1 Å². The molecule has 0 radical (unpaired) electrons. The third-order valence-corrected chi connectivity index (χ3v) is 29.4. The number of likely N-dealkylation sites (N-methyl/N-ethyl adjacent to an activating group) is 3. The van der Waals surface area contributed by atoms with E-state index in [9.17, 15) is 44.4 Å². The molecule has 3 aliphatic rings. The second-order valence-electron chi connectivity index (χ2n) is 33.3. The summed E-state index contributed by atoms with van der Waals surface area (Å²) in [6, 6.07) is 46.2. The van der Waals surface area contributed by atoms with Gasteiger partial charge >= 0.3 is 0 Å². The standard InChI is InChI=1S/C96H119Cl7N10O19S3/c1-111-61-83(80-55-74(98)58-89(101)86(80)64-111)70-7-4-10-77(52-70)133(118,119)107-30-36-127-42-48-130-45-39-124-33-27-104-92(114)21-24-96(110-95(117)51-67-13-15-68(16-14-67)69-17-19-73(97)20-18-69,25-22-93(115)105-28-34-125-40-46-131-49-43-128-37-31-108-134(120,121)78-11-5-8-71(53-78)84-62-112(2)65-87-81(84)56-75(99)59-90(87)102)26-23-94(116)106-29-35-126-41-47-132-50-44-129-38-32-109-135(122,123)79-12-6-9-72(54-79)85-63-113(3)66-88-82(85)57-76(100)60-91(88)103/h4-20,52-60,83-85,107-109H,21-51,61-66H2,1-3H3,(H,104,114)(H,105,115)(H,106,116)(H,110,117)/t83-,84-,85-/m0/s1. The summed E-state index contributed by atoms with van der Waals surface area (Å²) < 4.78 is 140. The molecule has 4 amide bonds. The number of benzene rings is 8. The maximum atomic E-state index is 14.4. The Morgan fingerprint density at radius 1 is 0.333 bits per heavy atom. The van der Waals surface area contributed by atoms with Crippen LogP contribution in [0.5, 0.6) is 0 Å². The average molecular weight is 2060 g/mol. The minimum Gasteiger partial charge on any atom is -0.378 e. The Balaban J connectivity index is 0.611. The highest BCUT2D eigenvalue weighted by atomic mass is 35.5. The van der Waals surface area contributed by atoms with Crippen molar-refractivity contribution in [3.8, 4) is 11.1 Å². The third-order valence-electron chi connectivity index (χ3n) is 23.1. The number of carbonyl (C=O) groups excluding carboxylic acids is 4. The van der Waals surface area contributed by atoms with Crippen molar-refractivity contribution in [3.05, 3.63) is 249 Å². The maximum absolute atomic E-state index is 14.4. The fourth-order valence-electron chi connectivity index (χ4n) is 16.4. The molecule has 3 heterocycles. The van der Waals surface area contributed by atoms with Crippen molar-refractivity contribution in [1.29, 1.82) is 0 Å². The first kappa shape index (κ1) is 108. The third kappa shape index (κ3) is 34.7. The predicted octanol–water partition coefficient (Wildman–Crippen LogP) is 12.8. The number of halogens is 7. The number of nitrogens with one attached hydrogen (secondary N) is 7. The zero-order valence-corrected chi connectivity index (χ0v) is 83.6. The molecule has 0 fully saturated rings. The number of rotatable bonds is 58. The van der Waals surface area contributed by atoms with Crippen LogP contribution in [-0.2, 0) is 118 Å². The molecule has 8 aromatic carbocycles. The van der Waals surface area contributed by atoms with Crippen LogP contribution in [0, 0.1) is 0 Å². The summed E-state index contributed by atoms with van der Waals surface area (Å²) >= 11 is 45.2. The van der Waals surface area contributed by atoms with Crippen LogP contribution in [0.4, 0.5) is 0 Å². The molecule has 0 spiro atoms. The number of hydrogen-bond donors (Lipinski definition) is 7. The second-order valence-corrected chi connectivity index (χ2v) is 41.6. The number of amides is 4. The second kappa shape index (κ2) is 54.6. The molecule has 0 unspecified atom stereocenters. The van der Waals surface area contributed by atoms with Crippen LogP contribution < -0.4 is 35.4 Å². The smallest absolute Gasteiger partial charge is 0.240 e. The SMILES string of the molecule is CN1Cc2c(Cl)cc(Cl)cc2[C@H](c2cccc(S(=O)(=O)NCCOCCOCCOCCNC(=O)CCC(CCC(=O)NCCOCCOCCOCCNS(=O)(=O)c3cccc([C@@H]4CN(C)Cc5c(Cl)cc(Cl)cc54)c3)(CCC(=O)NCCOCCOCCOCCNS(=O)(=O)c3cccc([C@@H]4CN(C)Cc5c(Cl)cc(Cl)cc54)c3)NC(=O)Cc3ccc(-c4ccc(Cl)cc4)cc3)c2)C1. The van der Waals surface area contributed by atoms with Crippen LogP contribution in [0.3, 0.4) is 0 Å². The molecule has 0 bridgehead atoms. The molecule has 11 rings (SSSR count). The Labute approximate surface area is 827 Å². The van der Waals surface area contributed by atoms with Crippen molar-refractivity contribution in [1.82, 2.24) is 50.1 Å². The average Bonchev–Trinajstić information content (AvgIpc) is 0.778. The van der Waals surface area contributed by atoms with Gasteiger partial charge in [0.15, 0.2) is 0 Å². The van der Waals surface area contributed by atoms with Crippen molar-refractivity contribution in [3.63, 3.8) is 0 Å². The van der Waals surface area contributed by atoms with Gasteiger partial charge in [-0.3, -0.25) is 19.2 Å². The van der Waals surface area contributed by atoms with Crippen molar-refractivity contribution in [2.24, 2.45) is 0 Å². The summed E-state index contributed by atoms with van der Waals surface area (Å²) in [6.45, 7) is 7.45. The van der Waals surface area contributed by atoms with Gasteiger partial charge < -0.3 is 78.6 Å². The highest BCUT2D eigenvalue weighted by Crippen LogP contribution is 2.43. The van der Waals surface area contributed by atoms with Gasteiger partial charge in [0.05, 0.1) is 140 Å². The van der Waals surface area contributed by atoms with Gasteiger partial charge in [0, 0.05) is 156 Å². The molecule has 0 aliphatic carbocycles. The molecular weight excluding hydrogens is 1940 g/mol. The first-order valence-electron chi connectivity index (χ1n) is 44.8. The van der Waals surface area contributed by atoms with Crippen LogP contribution in [0.2, 0.25) is 35.2 Å². The molecule has 29 nitrogen and oxygen atoms in total. The minimum absolute atomic E-state index is 0.0256. The molecule has 3 aliphatic heterocycles. The van der Waals surface area contributed by atoms with Crippen LogP contribution in [0.25, 0.3) is 11.1 Å². The normalized spacial score (nSPS) is 15.5. The lowest BCUT2D eigenvalue weighted by Gasteiger charge is -2.35. The largest absolute Gasteiger partial charge is 0.378 e. The summed E-state index contributed by atoms with van der Waals surface area (Å²) in [5.74, 6) is -1.94. The molecule has 0 saturated carbocycles. The van der Waals surface area contributed by atoms with Crippen molar-refractivity contribution in [2.45, 2.75) is 103 Å². The van der Waals surface area contributed by atoms with Crippen molar-refractivity contribution in [2.75, 3.05) is 199 Å². The van der Waals surface area contributed by atoms with Crippen LogP contribution in [-0.4, -0.2) is 268 Å². The van der Waals surface area contributed by atoms with E-state index in [1.165, 1.54) is 0 Å². The fraction of sp³-hybridized carbons (Fsp3) is 0.458. The van der Waals surface area contributed by atoms with Crippen LogP contribution >= 0.6 is 81.2 Å². The highest BCUT2D eigenvalue weighted by Gasteiger charge is 2.36. The Hall–Kier alpha value is -7.08. The van der Waals surface area contributed by atoms with E-state index in [-0.39, 0.29) is 253 Å². The quantitative estimate of drug-likeness (QED) is 0.0174. The maximum Gasteiger partial charge on any atom is 0.240 e. The van der Waals surface area contributed by atoms with E-state index in [0.29, 0.717) is 80.0 Å². The summed E-state index contributed by atoms with van der Waals surface area (Å²) in [4.78, 5) is 62.7. The Bertz CT molecular complexity index is 5140. The topological polar surface area (TPSA) is 348 Å². The number of ether oxygens (including phenoxy) is 9. The summed E-state index contributed by atoms with van der Waals surface area (Å²) in [5, 5.41) is 15.7. The Morgan fingerprint density at radius 3 is 0.904 bits per heavy atom. The number of carbonyl (C=O) groups is 4. The van der Waals surface area contributed by atoms with Gasteiger partial charge in [0.25, 0.3) is 0 Å². The van der Waals surface area contributed by atoms with Crippen LogP contribution in [0.1, 0.15) is 112 Å². The molecule has 0 saturated heterocycles. The molecule has 135 heavy (non-hydrogen) atoms. The van der Waals surface area contributed by atoms with E-state index < -0.39 is 41.5 Å². The Morgan fingerprint density at radius 2 is 0.607 bits per heavy atom. The molecule has 8 aromatic rings. The lowest BCUT2D eigenvalue weighted by Crippen LogP contribution is -2.51. The zero-order valence-electron chi connectivity index (χ0n) is 75.9. The van der Waals surface area contributed by atoms with Gasteiger partial charge in [-0.15, -0.1) is 0 Å². The van der Waals surface area contributed by atoms with Gasteiger partial charge in [-0.1, -0.05) is 154 Å². The number of hydrogen-bond acceptors (Lipinski definition) is 22. The first-order valence-corrected chi connectivity index (χ1v) is 51.9. The van der Waals surface area contributed by atoms with Crippen LogP contribution in [0.15, 0.2) is 172 Å². The molecule has 7 N–H and O–H groups in total. The monoisotopic (exact) mass is 2060 g/mol. The predicted molar refractivity (Wildman–Crippen MR) is 524 cm³/mol. The highest BCUT2D eigenvalue weighted by molar-refractivity contribution is 7.90. The molecule has 0 aromatic heterocycles. The lowest BCUT2D eigenvalue weighted by atomic mass is 9.82. The van der Waals surface area contributed by atoms with E-state index in [2.05, 4.69) is 50.1 Å². The van der Waals surface area contributed by atoms with E-state index >= 15 is 0 Å². The van der Waals surface area contributed by atoms with Gasteiger partial charge in [-0.05, 0) is 192 Å². The number of sulfonamides is 3. The van der Waals surface area contributed by atoms with E-state index in [1.807, 2.05) is 93.9 Å². The minimum atomic E-state index is -3.88. The summed E-state index contributed by atoms with van der Waals surface area (Å²) in [6.07, 6.45) is -0.286. The summed E-state index contributed by atoms with van der Waals surface area (Å²) in [5.41, 5.74) is 9.49. The number of nitrogens with zero attached hydrogens (tertiary/aromatic N) is 3. The van der Waals surface area contributed by atoms with E-state index in [1.54, 1.807) is 84.9 Å². The van der Waals surface area contributed by atoms with Gasteiger partial charge in [0.1, 0.15) is 0 Å². The Kier molecular flexibility index (Phi) is 43.8. The van der Waals surface area contributed by atoms with Gasteiger partial charge in [0.2, 0.25) is 53.7 Å². The van der Waals surface area contributed by atoms with Crippen molar-refractivity contribution >= 4 is 135 Å². The first-order chi connectivity index (χ1) is 64.9. The number of fused-ring (bicyclic) bond motifs is 3. The zero-order chi connectivity index (χ0) is 96.3. The fourth-order valence-corrected chi connectivity index (χ4v) is 21.4. The van der Waals surface area contributed by atoms with Gasteiger partial charge in [-0.2, -0.15) is 0 Å². The molecule has 3 atom stereocenters. The molecule has 39 heteroatoms. The van der Waals surface area contributed by atoms with E-state index in [0.717, 1.165) is 61.2 Å². The van der Waals surface area contributed by atoms with E-state index in [4.69, 9.17) is 124 Å². The van der Waals surface area contributed by atoms with Gasteiger partial charge in [-0.25, -0.2) is 39.4 Å². The summed E-state index contributed by atoms with van der Waals surface area (Å²) in [7, 11) is -5.68. The lowest BCUT2D eigenvalue weighted by molar-refractivity contribution is -0.127.